The molecule has 5 rings (SSSR count). The molecule has 4 heterocycles. The zero-order valence-electron chi connectivity index (χ0n) is 22.9. The second-order valence-electron chi connectivity index (χ2n) is 10.2. The van der Waals surface area contributed by atoms with Crippen LogP contribution in [0, 0.1) is 5.82 Å². The van der Waals surface area contributed by atoms with E-state index in [1.54, 1.807) is 12.4 Å². The number of β-amino-alcohol motifs (C(OH)–C–C–N with tert-alkyl or cyclic N) is 1. The van der Waals surface area contributed by atoms with E-state index < -0.39 is 5.82 Å². The number of nitrogens with one attached hydrogen (secondary N) is 2. The number of halogens is 1. The van der Waals surface area contributed by atoms with Crippen molar-refractivity contribution in [1.82, 2.24) is 29.7 Å². The average Bonchev–Trinajstić information content (AvgIpc) is 2.97. The van der Waals surface area contributed by atoms with Crippen LogP contribution in [0.5, 0.6) is 0 Å². The molecule has 2 aromatic heterocycles. The summed E-state index contributed by atoms with van der Waals surface area (Å²) in [6.07, 6.45) is 4.44. The summed E-state index contributed by atoms with van der Waals surface area (Å²) < 4.78 is 14.4. The van der Waals surface area contributed by atoms with Crippen molar-refractivity contribution in [3.05, 3.63) is 65.9 Å². The van der Waals surface area contributed by atoms with E-state index in [1.165, 1.54) is 5.56 Å². The van der Waals surface area contributed by atoms with Crippen molar-refractivity contribution in [1.29, 1.82) is 0 Å². The van der Waals surface area contributed by atoms with Gasteiger partial charge < -0.3 is 20.2 Å². The molecule has 0 spiro atoms. The summed E-state index contributed by atoms with van der Waals surface area (Å²) in [5.41, 5.74) is 6.62. The Balaban J connectivity index is 1.14. The van der Waals surface area contributed by atoms with E-state index in [9.17, 15) is 4.39 Å². The van der Waals surface area contributed by atoms with Crippen molar-refractivity contribution < 1.29 is 9.50 Å². The molecule has 11 nitrogen and oxygen atoms in total. The van der Waals surface area contributed by atoms with E-state index in [2.05, 4.69) is 76.8 Å². The molecule has 0 unspecified atom stereocenters. The number of hydrogen-bond donors (Lipinski definition) is 3. The van der Waals surface area contributed by atoms with Gasteiger partial charge in [0, 0.05) is 83.0 Å². The summed E-state index contributed by atoms with van der Waals surface area (Å²) in [5.74, 6) is -0.0236. The third-order valence-electron chi connectivity index (χ3n) is 7.20. The Morgan fingerprint density at radius 1 is 0.950 bits per heavy atom. The van der Waals surface area contributed by atoms with Gasteiger partial charge in [0.1, 0.15) is 0 Å². The number of rotatable bonds is 10. The fourth-order valence-electron chi connectivity index (χ4n) is 4.84. The Kier molecular flexibility index (Phi) is 9.45. The molecular formula is C28H37FN10O. The third-order valence-corrected chi connectivity index (χ3v) is 7.20. The van der Waals surface area contributed by atoms with Gasteiger partial charge in [0.25, 0.3) is 0 Å². The first-order valence-electron chi connectivity index (χ1n) is 13.7. The molecule has 3 N–H and O–H groups in total. The number of hydrazone groups is 1. The Morgan fingerprint density at radius 3 is 2.45 bits per heavy atom. The van der Waals surface area contributed by atoms with E-state index in [0.717, 1.165) is 63.4 Å². The standard InChI is InChI=1S/C28H37FN10O/c1-36-8-10-38(11-9-36)21-22-2-4-23(5-3-22)33-24-6-7-30-25(18-24)19-32-35-28-31-20-26(29)27(34-28)39-14-12-37(13-15-39)16-17-40/h2-7,18-20,40H,8-17,21H2,1H3,(H,30,33)(H,31,34,35)/b32-19+. The molecule has 212 valence electrons. The van der Waals surface area contributed by atoms with Crippen molar-refractivity contribution >= 4 is 29.4 Å². The maximum absolute atomic E-state index is 14.4. The summed E-state index contributed by atoms with van der Waals surface area (Å²) >= 11 is 0. The van der Waals surface area contributed by atoms with Gasteiger partial charge in [-0.15, -0.1) is 0 Å². The van der Waals surface area contributed by atoms with E-state index in [1.807, 2.05) is 17.0 Å². The smallest absolute Gasteiger partial charge is 0.245 e. The molecule has 12 heteroatoms. The van der Waals surface area contributed by atoms with Gasteiger partial charge in [0.05, 0.1) is 24.7 Å². The number of likely N-dealkylation sites (N-methyl/N-ethyl adjacent to an activating group) is 1. The molecule has 3 aromatic rings. The number of hydrogen-bond acceptors (Lipinski definition) is 11. The minimum absolute atomic E-state index is 0.117. The predicted octanol–water partition coefficient (Wildman–Crippen LogP) is 2.06. The molecule has 2 aliphatic heterocycles. The maximum atomic E-state index is 14.4. The second-order valence-corrected chi connectivity index (χ2v) is 10.2. The van der Waals surface area contributed by atoms with Gasteiger partial charge in [0.15, 0.2) is 11.6 Å². The summed E-state index contributed by atoms with van der Waals surface area (Å²) in [7, 11) is 2.17. The molecule has 0 saturated carbocycles. The highest BCUT2D eigenvalue weighted by atomic mass is 19.1. The highest BCUT2D eigenvalue weighted by Gasteiger charge is 2.21. The third kappa shape index (κ3) is 7.69. The predicted molar refractivity (Wildman–Crippen MR) is 156 cm³/mol. The van der Waals surface area contributed by atoms with Crippen LogP contribution in [-0.4, -0.2) is 114 Å². The summed E-state index contributed by atoms with van der Waals surface area (Å²) in [6, 6.07) is 12.3. The van der Waals surface area contributed by atoms with Crippen molar-refractivity contribution in [2.45, 2.75) is 6.54 Å². The van der Waals surface area contributed by atoms with Crippen LogP contribution in [0.1, 0.15) is 11.3 Å². The van der Waals surface area contributed by atoms with Crippen LogP contribution in [0.4, 0.5) is 27.5 Å². The molecule has 40 heavy (non-hydrogen) atoms. The average molecular weight is 549 g/mol. The first-order valence-corrected chi connectivity index (χ1v) is 13.7. The lowest BCUT2D eigenvalue weighted by Gasteiger charge is -2.35. The number of anilines is 4. The fourth-order valence-corrected chi connectivity index (χ4v) is 4.84. The minimum atomic E-state index is -0.474. The zero-order chi connectivity index (χ0) is 27.7. The molecule has 2 fully saturated rings. The second kappa shape index (κ2) is 13.6. The fraction of sp³-hybridized carbons (Fsp3) is 0.429. The number of nitrogens with zero attached hydrogens (tertiary/aromatic N) is 8. The maximum Gasteiger partial charge on any atom is 0.245 e. The molecule has 2 saturated heterocycles. The number of benzene rings is 1. The largest absolute Gasteiger partial charge is 0.395 e. The highest BCUT2D eigenvalue weighted by molar-refractivity contribution is 5.79. The van der Waals surface area contributed by atoms with Gasteiger partial charge in [-0.05, 0) is 36.9 Å². The van der Waals surface area contributed by atoms with Crippen LogP contribution < -0.4 is 15.6 Å². The lowest BCUT2D eigenvalue weighted by Crippen LogP contribution is -2.47. The Labute approximate surface area is 234 Å². The summed E-state index contributed by atoms with van der Waals surface area (Å²) in [6.45, 7) is 8.87. The minimum Gasteiger partial charge on any atom is -0.395 e. The first kappa shape index (κ1) is 27.8. The van der Waals surface area contributed by atoms with E-state index in [0.29, 0.717) is 25.3 Å². The van der Waals surface area contributed by atoms with Crippen molar-refractivity contribution in [2.75, 3.05) is 88.2 Å². The Morgan fingerprint density at radius 2 is 1.70 bits per heavy atom. The lowest BCUT2D eigenvalue weighted by molar-refractivity contribution is 0.148. The summed E-state index contributed by atoms with van der Waals surface area (Å²) in [4.78, 5) is 21.6. The van der Waals surface area contributed by atoms with Crippen molar-refractivity contribution in [3.63, 3.8) is 0 Å². The Hall–Kier alpha value is -3.71. The molecular weight excluding hydrogens is 511 g/mol. The van der Waals surface area contributed by atoms with Crippen LogP contribution >= 0.6 is 0 Å². The van der Waals surface area contributed by atoms with Gasteiger partial charge in [-0.1, -0.05) is 12.1 Å². The van der Waals surface area contributed by atoms with Crippen molar-refractivity contribution in [3.8, 4) is 0 Å². The van der Waals surface area contributed by atoms with Gasteiger partial charge in [-0.3, -0.25) is 14.8 Å². The van der Waals surface area contributed by atoms with Crippen LogP contribution in [0.3, 0.4) is 0 Å². The van der Waals surface area contributed by atoms with Gasteiger partial charge in [-0.2, -0.15) is 10.1 Å². The molecule has 0 atom stereocenters. The molecule has 0 bridgehead atoms. The monoisotopic (exact) mass is 548 g/mol. The number of piperazine rings is 2. The van der Waals surface area contributed by atoms with Crippen LogP contribution in [0.15, 0.2) is 53.9 Å². The molecule has 0 radical (unpaired) electrons. The summed E-state index contributed by atoms with van der Waals surface area (Å²) in [5, 5.41) is 16.7. The number of aromatic nitrogens is 3. The van der Waals surface area contributed by atoms with Crippen molar-refractivity contribution in [2.24, 2.45) is 5.10 Å². The highest BCUT2D eigenvalue weighted by Crippen LogP contribution is 2.20. The van der Waals surface area contributed by atoms with Crippen LogP contribution in [0.25, 0.3) is 0 Å². The number of aliphatic hydroxyl groups excluding tert-OH is 1. The molecule has 2 aliphatic rings. The van der Waals surface area contributed by atoms with E-state index in [-0.39, 0.29) is 18.4 Å². The number of aliphatic hydroxyl groups is 1. The van der Waals surface area contributed by atoms with Crippen LogP contribution in [0.2, 0.25) is 0 Å². The van der Waals surface area contributed by atoms with E-state index in [4.69, 9.17) is 5.11 Å². The number of pyridine rings is 1. The quantitative estimate of drug-likeness (QED) is 0.257. The normalized spacial score (nSPS) is 17.4. The Bertz CT molecular complexity index is 1260. The molecule has 0 aliphatic carbocycles. The van der Waals surface area contributed by atoms with Crippen LogP contribution in [-0.2, 0) is 6.54 Å². The topological polar surface area (TPSA) is 108 Å². The lowest BCUT2D eigenvalue weighted by atomic mass is 10.1. The first-order chi connectivity index (χ1) is 19.6. The van der Waals surface area contributed by atoms with Gasteiger partial charge >= 0.3 is 0 Å². The molecule has 0 amide bonds. The van der Waals surface area contributed by atoms with E-state index >= 15 is 0 Å². The zero-order valence-corrected chi connectivity index (χ0v) is 22.9. The molecule has 1 aromatic carbocycles. The van der Waals surface area contributed by atoms with Gasteiger partial charge in [-0.25, -0.2) is 14.8 Å². The van der Waals surface area contributed by atoms with Gasteiger partial charge in [0.2, 0.25) is 5.95 Å². The SMILES string of the molecule is CN1CCN(Cc2ccc(Nc3ccnc(/C=N/Nc4ncc(F)c(N5CCN(CCO)CC5)n4)c3)cc2)CC1.